The van der Waals surface area contributed by atoms with Crippen molar-refractivity contribution >= 4 is 5.96 Å². The largest absolute Gasteiger partial charge is 0.496 e. The number of fused-ring (bicyclic) bond motifs is 1. The Morgan fingerprint density at radius 1 is 1.11 bits per heavy atom. The normalized spacial score (nSPS) is 14.4. The Balaban J connectivity index is 1.44. The number of nitrogens with zero attached hydrogens (tertiary/aromatic N) is 4. The first-order valence-electron chi connectivity index (χ1n) is 9.79. The van der Waals surface area contributed by atoms with E-state index in [0.29, 0.717) is 0 Å². The molecule has 2 aromatic rings. The van der Waals surface area contributed by atoms with E-state index < -0.39 is 0 Å². The molecule has 1 aliphatic rings. The monoisotopic (exact) mass is 370 g/mol. The van der Waals surface area contributed by atoms with Gasteiger partial charge in [-0.1, -0.05) is 24.6 Å². The van der Waals surface area contributed by atoms with E-state index in [1.165, 1.54) is 24.8 Å². The molecule has 0 radical (unpaired) electrons. The van der Waals surface area contributed by atoms with Gasteiger partial charge in [0.25, 0.3) is 0 Å². The summed E-state index contributed by atoms with van der Waals surface area (Å²) in [5, 5.41) is 15.5. The Hall–Kier alpha value is -2.57. The zero-order chi connectivity index (χ0) is 18.9. The van der Waals surface area contributed by atoms with Crippen LogP contribution in [0.2, 0.25) is 0 Å². The maximum Gasteiger partial charge on any atom is 0.191 e. The molecule has 7 heteroatoms. The number of ether oxygens (including phenoxy) is 1. The number of aryl methyl sites for hydroxylation is 1. The Kier molecular flexibility index (Phi) is 7.07. The molecule has 0 fully saturated rings. The molecule has 2 N–H and O–H groups in total. The molecule has 0 aliphatic carbocycles. The maximum absolute atomic E-state index is 5.40. The number of rotatable bonds is 7. The van der Waals surface area contributed by atoms with Crippen molar-refractivity contribution in [1.29, 1.82) is 0 Å². The van der Waals surface area contributed by atoms with Crippen LogP contribution in [0.5, 0.6) is 5.75 Å². The molecule has 0 saturated carbocycles. The number of nitrogens with one attached hydrogen (secondary N) is 2. The van der Waals surface area contributed by atoms with Crippen LogP contribution >= 0.6 is 0 Å². The van der Waals surface area contributed by atoms with E-state index >= 15 is 0 Å². The standard InChI is InChI=1S/C20H30N6O/c1-21-20(22-13-11-16-8-5-6-9-17(16)27-2)23-14-12-19-25-24-18-10-4-3-7-15-26(18)19/h5-6,8-9H,3-4,7,10-15H2,1-2H3,(H2,21,22,23). The topological polar surface area (TPSA) is 76.4 Å². The van der Waals surface area contributed by atoms with Crippen molar-refractivity contribution in [2.24, 2.45) is 4.99 Å². The number of hydrogen-bond acceptors (Lipinski definition) is 4. The van der Waals surface area contributed by atoms with Crippen LogP contribution in [0, 0.1) is 0 Å². The summed E-state index contributed by atoms with van der Waals surface area (Å²) in [6.07, 6.45) is 6.50. The van der Waals surface area contributed by atoms with Gasteiger partial charge in [-0.2, -0.15) is 0 Å². The van der Waals surface area contributed by atoms with Crippen molar-refractivity contribution in [2.45, 2.75) is 45.1 Å². The van der Waals surface area contributed by atoms with Crippen molar-refractivity contribution in [3.63, 3.8) is 0 Å². The fraction of sp³-hybridized carbons (Fsp3) is 0.550. The Morgan fingerprint density at radius 3 is 2.74 bits per heavy atom. The van der Waals surface area contributed by atoms with Gasteiger partial charge in [0.15, 0.2) is 5.96 Å². The predicted octanol–water partition coefficient (Wildman–Crippen LogP) is 1.96. The minimum absolute atomic E-state index is 0.784. The highest BCUT2D eigenvalue weighted by molar-refractivity contribution is 5.79. The quantitative estimate of drug-likeness (QED) is 0.576. The van der Waals surface area contributed by atoms with Gasteiger partial charge in [0.05, 0.1) is 7.11 Å². The van der Waals surface area contributed by atoms with Crippen LogP contribution in [0.3, 0.4) is 0 Å². The molecule has 0 bridgehead atoms. The minimum Gasteiger partial charge on any atom is -0.496 e. The summed E-state index contributed by atoms with van der Waals surface area (Å²) < 4.78 is 7.70. The molecular weight excluding hydrogens is 340 g/mol. The van der Waals surface area contributed by atoms with Gasteiger partial charge in [-0.05, 0) is 30.9 Å². The van der Waals surface area contributed by atoms with Gasteiger partial charge < -0.3 is 19.9 Å². The second-order valence-electron chi connectivity index (χ2n) is 6.73. The molecule has 146 valence electrons. The van der Waals surface area contributed by atoms with Crippen molar-refractivity contribution in [3.8, 4) is 5.75 Å². The smallest absolute Gasteiger partial charge is 0.191 e. The van der Waals surface area contributed by atoms with Crippen molar-refractivity contribution in [1.82, 2.24) is 25.4 Å². The van der Waals surface area contributed by atoms with Crippen LogP contribution in [0.25, 0.3) is 0 Å². The van der Waals surface area contributed by atoms with Gasteiger partial charge in [0, 0.05) is 39.5 Å². The van der Waals surface area contributed by atoms with E-state index in [4.69, 9.17) is 4.74 Å². The Bertz CT molecular complexity index is 755. The first kappa shape index (κ1) is 19.2. The lowest BCUT2D eigenvalue weighted by Crippen LogP contribution is -2.39. The predicted molar refractivity (Wildman–Crippen MR) is 107 cm³/mol. The molecule has 0 atom stereocenters. The molecule has 0 unspecified atom stereocenters. The lowest BCUT2D eigenvalue weighted by atomic mass is 10.1. The average molecular weight is 371 g/mol. The number of aromatic nitrogens is 3. The van der Waals surface area contributed by atoms with Crippen LogP contribution < -0.4 is 15.4 Å². The van der Waals surface area contributed by atoms with Crippen LogP contribution in [-0.2, 0) is 25.8 Å². The first-order chi connectivity index (χ1) is 13.3. The van der Waals surface area contributed by atoms with Crippen molar-refractivity contribution in [3.05, 3.63) is 41.5 Å². The first-order valence-corrected chi connectivity index (χ1v) is 9.79. The van der Waals surface area contributed by atoms with Gasteiger partial charge in [-0.3, -0.25) is 4.99 Å². The van der Waals surface area contributed by atoms with Crippen molar-refractivity contribution in [2.75, 3.05) is 27.2 Å². The number of benzene rings is 1. The number of aliphatic imine (C=N–C) groups is 1. The van der Waals surface area contributed by atoms with Gasteiger partial charge in [0.1, 0.15) is 17.4 Å². The van der Waals surface area contributed by atoms with Gasteiger partial charge in [0.2, 0.25) is 0 Å². The third-order valence-corrected chi connectivity index (χ3v) is 4.93. The van der Waals surface area contributed by atoms with E-state index in [9.17, 15) is 0 Å². The maximum atomic E-state index is 5.40. The highest BCUT2D eigenvalue weighted by atomic mass is 16.5. The van der Waals surface area contributed by atoms with Crippen LogP contribution in [0.4, 0.5) is 0 Å². The molecule has 0 saturated heterocycles. The highest BCUT2D eigenvalue weighted by Crippen LogP contribution is 2.17. The summed E-state index contributed by atoms with van der Waals surface area (Å²) in [6, 6.07) is 8.10. The number of para-hydroxylation sites is 1. The molecular formula is C20H30N6O. The summed E-state index contributed by atoms with van der Waals surface area (Å²) in [5.41, 5.74) is 1.19. The van der Waals surface area contributed by atoms with E-state index in [2.05, 4.69) is 36.5 Å². The van der Waals surface area contributed by atoms with E-state index in [-0.39, 0.29) is 0 Å². The molecule has 0 spiro atoms. The molecule has 1 aromatic heterocycles. The molecule has 7 nitrogen and oxygen atoms in total. The summed E-state index contributed by atoms with van der Waals surface area (Å²) in [5.74, 6) is 3.95. The molecule has 2 heterocycles. The molecule has 1 aliphatic heterocycles. The van der Waals surface area contributed by atoms with Crippen LogP contribution in [0.1, 0.15) is 36.5 Å². The summed E-state index contributed by atoms with van der Waals surface area (Å²) in [6.45, 7) is 2.62. The van der Waals surface area contributed by atoms with Crippen LogP contribution in [-0.4, -0.2) is 48.0 Å². The van der Waals surface area contributed by atoms with Gasteiger partial charge >= 0.3 is 0 Å². The SMILES string of the molecule is CN=C(NCCc1ccccc1OC)NCCc1nnc2n1CCCCC2. The molecule has 1 aromatic carbocycles. The Morgan fingerprint density at radius 2 is 1.93 bits per heavy atom. The number of guanidine groups is 1. The fourth-order valence-electron chi connectivity index (χ4n) is 3.47. The summed E-state index contributed by atoms with van der Waals surface area (Å²) >= 11 is 0. The second kappa shape index (κ2) is 9.94. The lowest BCUT2D eigenvalue weighted by molar-refractivity contribution is 0.409. The Labute approximate surface area is 161 Å². The van der Waals surface area contributed by atoms with Gasteiger partial charge in [-0.25, -0.2) is 0 Å². The average Bonchev–Trinajstić information content (AvgIpc) is 2.93. The zero-order valence-electron chi connectivity index (χ0n) is 16.4. The molecule has 3 rings (SSSR count). The van der Waals surface area contributed by atoms with E-state index in [0.717, 1.165) is 62.3 Å². The van der Waals surface area contributed by atoms with Crippen molar-refractivity contribution < 1.29 is 4.74 Å². The lowest BCUT2D eigenvalue weighted by Gasteiger charge is -2.13. The third kappa shape index (κ3) is 5.21. The fourth-order valence-corrected chi connectivity index (χ4v) is 3.47. The second-order valence-corrected chi connectivity index (χ2v) is 6.73. The number of methoxy groups -OCH3 is 1. The van der Waals surface area contributed by atoms with Gasteiger partial charge in [-0.15, -0.1) is 10.2 Å². The molecule has 27 heavy (non-hydrogen) atoms. The molecule has 0 amide bonds. The minimum atomic E-state index is 0.784. The number of hydrogen-bond donors (Lipinski definition) is 2. The van der Waals surface area contributed by atoms with E-state index in [1.807, 2.05) is 18.2 Å². The van der Waals surface area contributed by atoms with E-state index in [1.54, 1.807) is 14.2 Å². The summed E-state index contributed by atoms with van der Waals surface area (Å²) in [7, 11) is 3.50. The third-order valence-electron chi connectivity index (χ3n) is 4.93. The summed E-state index contributed by atoms with van der Waals surface area (Å²) in [4.78, 5) is 4.30. The van der Waals surface area contributed by atoms with Crippen LogP contribution in [0.15, 0.2) is 29.3 Å². The highest BCUT2D eigenvalue weighted by Gasteiger charge is 2.14. The zero-order valence-corrected chi connectivity index (χ0v) is 16.4.